The molecule has 0 atom stereocenters. The minimum Gasteiger partial charge on any atom is -0.349 e. The molecule has 1 aliphatic carbocycles. The molecule has 0 N–H and O–H groups in total. The molecule has 1 saturated carbocycles. The van der Waals surface area contributed by atoms with Crippen LogP contribution in [0.2, 0.25) is 0 Å². The fraction of sp³-hybridized carbons (Fsp3) is 0.875. The standard InChI is InChI=1S/C8H15NO4S/c1-9(2)8(10)6-4-7(5-6)13-14(3,11)12/h6-7H,4-5H2,1-3H3. The number of carbonyl (C=O) groups excluding carboxylic acids is 1. The van der Waals surface area contributed by atoms with Crippen molar-refractivity contribution in [3.05, 3.63) is 0 Å². The van der Waals surface area contributed by atoms with Crippen molar-refractivity contribution in [2.45, 2.75) is 18.9 Å². The van der Waals surface area contributed by atoms with Gasteiger partial charge in [0.15, 0.2) is 0 Å². The van der Waals surface area contributed by atoms with Gasteiger partial charge in [-0.05, 0) is 12.8 Å². The summed E-state index contributed by atoms with van der Waals surface area (Å²) in [7, 11) is -0.00333. The fourth-order valence-electron chi connectivity index (χ4n) is 1.46. The largest absolute Gasteiger partial charge is 0.349 e. The molecule has 0 spiro atoms. The highest BCUT2D eigenvalue weighted by molar-refractivity contribution is 7.86. The molecule has 0 aliphatic heterocycles. The van der Waals surface area contributed by atoms with E-state index in [-0.39, 0.29) is 17.9 Å². The lowest BCUT2D eigenvalue weighted by molar-refractivity contribution is -0.138. The normalized spacial score (nSPS) is 26.8. The van der Waals surface area contributed by atoms with Gasteiger partial charge in [-0.25, -0.2) is 0 Å². The first kappa shape index (κ1) is 11.5. The van der Waals surface area contributed by atoms with E-state index in [1.165, 1.54) is 4.90 Å². The van der Waals surface area contributed by atoms with Crippen molar-refractivity contribution in [2.75, 3.05) is 20.4 Å². The minimum absolute atomic E-state index is 0.0401. The van der Waals surface area contributed by atoms with Gasteiger partial charge < -0.3 is 4.90 Å². The summed E-state index contributed by atoms with van der Waals surface area (Å²) in [6.07, 6.45) is 1.72. The molecule has 0 bridgehead atoms. The summed E-state index contributed by atoms with van der Waals surface area (Å²) >= 11 is 0. The fourth-order valence-corrected chi connectivity index (χ4v) is 2.11. The van der Waals surface area contributed by atoms with E-state index in [2.05, 4.69) is 0 Å². The Hall–Kier alpha value is -0.620. The summed E-state index contributed by atoms with van der Waals surface area (Å²) in [6.45, 7) is 0. The van der Waals surface area contributed by atoms with Crippen LogP contribution in [0.3, 0.4) is 0 Å². The molecule has 0 aromatic rings. The Morgan fingerprint density at radius 3 is 2.21 bits per heavy atom. The first-order valence-corrected chi connectivity index (χ1v) is 6.20. The van der Waals surface area contributed by atoms with Crippen LogP contribution in [0.25, 0.3) is 0 Å². The molecule has 14 heavy (non-hydrogen) atoms. The van der Waals surface area contributed by atoms with Gasteiger partial charge in [-0.2, -0.15) is 8.42 Å². The Bertz CT molecular complexity index is 316. The number of carbonyl (C=O) groups is 1. The van der Waals surface area contributed by atoms with Crippen molar-refractivity contribution in [2.24, 2.45) is 5.92 Å². The van der Waals surface area contributed by atoms with Crippen LogP contribution in [0.15, 0.2) is 0 Å². The number of nitrogens with zero attached hydrogens (tertiary/aromatic N) is 1. The van der Waals surface area contributed by atoms with E-state index >= 15 is 0 Å². The molecule has 0 heterocycles. The van der Waals surface area contributed by atoms with Crippen LogP contribution in [-0.2, 0) is 19.1 Å². The number of hydrogen-bond acceptors (Lipinski definition) is 4. The molecule has 0 saturated heterocycles. The van der Waals surface area contributed by atoms with E-state index in [0.717, 1.165) is 6.26 Å². The number of rotatable bonds is 3. The van der Waals surface area contributed by atoms with Gasteiger partial charge in [-0.15, -0.1) is 0 Å². The maximum Gasteiger partial charge on any atom is 0.264 e. The molecular formula is C8H15NO4S. The van der Waals surface area contributed by atoms with Crippen LogP contribution in [0.4, 0.5) is 0 Å². The highest BCUT2D eigenvalue weighted by atomic mass is 32.2. The Kier molecular flexibility index (Phi) is 3.16. The molecule has 1 rings (SSSR count). The molecule has 0 unspecified atom stereocenters. The molecule has 0 aromatic heterocycles. The Balaban J connectivity index is 2.34. The van der Waals surface area contributed by atoms with Crippen LogP contribution < -0.4 is 0 Å². The lowest BCUT2D eigenvalue weighted by Gasteiger charge is -2.34. The van der Waals surface area contributed by atoms with E-state index in [1.54, 1.807) is 14.1 Å². The molecule has 1 aliphatic rings. The predicted octanol–water partition coefficient (Wildman–Crippen LogP) is -0.171. The maximum absolute atomic E-state index is 11.4. The van der Waals surface area contributed by atoms with E-state index < -0.39 is 10.1 Å². The number of amides is 1. The lowest BCUT2D eigenvalue weighted by atomic mass is 9.81. The van der Waals surface area contributed by atoms with Gasteiger partial charge in [0.2, 0.25) is 5.91 Å². The molecule has 0 radical (unpaired) electrons. The van der Waals surface area contributed by atoms with Gasteiger partial charge in [0.05, 0.1) is 12.4 Å². The number of hydrogen-bond donors (Lipinski definition) is 0. The second-order valence-electron chi connectivity index (χ2n) is 3.82. The van der Waals surface area contributed by atoms with E-state index in [4.69, 9.17) is 4.18 Å². The van der Waals surface area contributed by atoms with Gasteiger partial charge in [0.1, 0.15) is 0 Å². The zero-order valence-electron chi connectivity index (χ0n) is 8.56. The van der Waals surface area contributed by atoms with E-state index in [1.807, 2.05) is 0 Å². The first-order chi connectivity index (χ1) is 6.29. The lowest BCUT2D eigenvalue weighted by Crippen LogP contribution is -2.42. The Labute approximate surface area is 84.2 Å². The second kappa shape index (κ2) is 3.86. The summed E-state index contributed by atoms with van der Waals surface area (Å²) in [5, 5.41) is 0. The third-order valence-electron chi connectivity index (χ3n) is 2.20. The summed E-state index contributed by atoms with van der Waals surface area (Å²) in [5.41, 5.74) is 0. The van der Waals surface area contributed by atoms with Crippen LogP contribution >= 0.6 is 0 Å². The van der Waals surface area contributed by atoms with Crippen LogP contribution in [0.5, 0.6) is 0 Å². The van der Waals surface area contributed by atoms with Crippen molar-refractivity contribution in [1.29, 1.82) is 0 Å². The van der Waals surface area contributed by atoms with Crippen molar-refractivity contribution < 1.29 is 17.4 Å². The molecule has 1 fully saturated rings. The van der Waals surface area contributed by atoms with Gasteiger partial charge in [0.25, 0.3) is 10.1 Å². The van der Waals surface area contributed by atoms with Crippen molar-refractivity contribution >= 4 is 16.0 Å². The average Bonchev–Trinajstić information content (AvgIpc) is 1.92. The van der Waals surface area contributed by atoms with Gasteiger partial charge in [-0.1, -0.05) is 0 Å². The summed E-state index contributed by atoms with van der Waals surface area (Å²) in [6, 6.07) is 0. The third kappa shape index (κ3) is 2.95. The molecular weight excluding hydrogens is 206 g/mol. The van der Waals surface area contributed by atoms with Gasteiger partial charge in [-0.3, -0.25) is 8.98 Å². The average molecular weight is 221 g/mol. The first-order valence-electron chi connectivity index (χ1n) is 4.39. The van der Waals surface area contributed by atoms with Gasteiger partial charge in [0, 0.05) is 20.0 Å². The van der Waals surface area contributed by atoms with Crippen LogP contribution in [-0.4, -0.2) is 45.7 Å². The van der Waals surface area contributed by atoms with E-state index in [0.29, 0.717) is 12.8 Å². The Morgan fingerprint density at radius 1 is 1.36 bits per heavy atom. The van der Waals surface area contributed by atoms with E-state index in [9.17, 15) is 13.2 Å². The zero-order chi connectivity index (χ0) is 10.9. The van der Waals surface area contributed by atoms with Crippen molar-refractivity contribution in [1.82, 2.24) is 4.90 Å². The molecule has 6 heteroatoms. The van der Waals surface area contributed by atoms with Crippen molar-refractivity contribution in [3.63, 3.8) is 0 Å². The molecule has 0 aromatic carbocycles. The predicted molar refractivity (Wildman–Crippen MR) is 51.1 cm³/mol. The third-order valence-corrected chi connectivity index (χ3v) is 2.82. The summed E-state index contributed by atoms with van der Waals surface area (Å²) in [5.74, 6) is -0.0323. The second-order valence-corrected chi connectivity index (χ2v) is 5.42. The highest BCUT2D eigenvalue weighted by Gasteiger charge is 2.37. The molecule has 5 nitrogen and oxygen atoms in total. The maximum atomic E-state index is 11.4. The smallest absolute Gasteiger partial charge is 0.264 e. The summed E-state index contributed by atoms with van der Waals surface area (Å²) < 4.78 is 26.2. The topological polar surface area (TPSA) is 63.7 Å². The van der Waals surface area contributed by atoms with Crippen LogP contribution in [0, 0.1) is 5.92 Å². The Morgan fingerprint density at radius 2 is 1.86 bits per heavy atom. The quantitative estimate of drug-likeness (QED) is 0.621. The minimum atomic E-state index is -3.38. The van der Waals surface area contributed by atoms with Crippen LogP contribution in [0.1, 0.15) is 12.8 Å². The van der Waals surface area contributed by atoms with Gasteiger partial charge >= 0.3 is 0 Å². The monoisotopic (exact) mass is 221 g/mol. The molecule has 1 amide bonds. The van der Waals surface area contributed by atoms with Crippen molar-refractivity contribution in [3.8, 4) is 0 Å². The zero-order valence-corrected chi connectivity index (χ0v) is 9.37. The molecule has 82 valence electrons. The SMILES string of the molecule is CN(C)C(=O)C1CC(OS(C)(=O)=O)C1. The summed E-state index contributed by atoms with van der Waals surface area (Å²) in [4.78, 5) is 12.9. The highest BCUT2D eigenvalue weighted by Crippen LogP contribution is 2.32.